The highest BCUT2D eigenvalue weighted by molar-refractivity contribution is 7.14. The van der Waals surface area contributed by atoms with Gasteiger partial charge in [-0.25, -0.2) is 4.98 Å². The SMILES string of the molecule is CC(=O)Nc1nc(C(=O)N2CCCC(CNC(=O)C3CCCN3)C2)cs1.Cl.Cl. The van der Waals surface area contributed by atoms with E-state index < -0.39 is 0 Å². The van der Waals surface area contributed by atoms with E-state index in [-0.39, 0.29) is 54.5 Å². The number of halogens is 2. The highest BCUT2D eigenvalue weighted by Crippen LogP contribution is 2.21. The molecule has 3 heterocycles. The molecule has 2 unspecified atom stereocenters. The number of anilines is 1. The van der Waals surface area contributed by atoms with Gasteiger partial charge in [0.1, 0.15) is 5.69 Å². The molecule has 2 aliphatic rings. The van der Waals surface area contributed by atoms with Gasteiger partial charge in [-0.1, -0.05) is 0 Å². The minimum Gasteiger partial charge on any atom is -0.354 e. The largest absolute Gasteiger partial charge is 0.354 e. The maximum absolute atomic E-state index is 12.7. The van der Waals surface area contributed by atoms with Crippen LogP contribution in [0, 0.1) is 5.92 Å². The number of hydrogen-bond acceptors (Lipinski definition) is 6. The smallest absolute Gasteiger partial charge is 0.273 e. The third-order valence-corrected chi connectivity index (χ3v) is 5.51. The summed E-state index contributed by atoms with van der Waals surface area (Å²) in [5, 5.41) is 10.9. The van der Waals surface area contributed by atoms with Crippen molar-refractivity contribution in [1.82, 2.24) is 20.5 Å². The summed E-state index contributed by atoms with van der Waals surface area (Å²) in [6.45, 7) is 4.21. The molecule has 3 rings (SSSR count). The predicted molar refractivity (Wildman–Crippen MR) is 114 cm³/mol. The summed E-state index contributed by atoms with van der Waals surface area (Å²) in [6, 6.07) is -0.0708. The van der Waals surface area contributed by atoms with Crippen LogP contribution in [-0.4, -0.2) is 59.8 Å². The molecule has 0 spiro atoms. The number of amides is 3. The summed E-state index contributed by atoms with van der Waals surface area (Å²) in [5.41, 5.74) is 0.360. The fourth-order valence-corrected chi connectivity index (χ4v) is 4.17. The van der Waals surface area contributed by atoms with E-state index in [2.05, 4.69) is 20.9 Å². The van der Waals surface area contributed by atoms with Crippen LogP contribution in [0.2, 0.25) is 0 Å². The molecule has 1 aromatic rings. The van der Waals surface area contributed by atoms with E-state index in [1.54, 1.807) is 10.3 Å². The van der Waals surface area contributed by atoms with Crippen LogP contribution in [0.3, 0.4) is 0 Å². The molecule has 1 aromatic heterocycles. The molecule has 2 aliphatic heterocycles. The molecular formula is C17H27Cl2N5O3S. The van der Waals surface area contributed by atoms with Crippen LogP contribution >= 0.6 is 36.2 Å². The van der Waals surface area contributed by atoms with Gasteiger partial charge in [0.2, 0.25) is 11.8 Å². The molecule has 0 bridgehead atoms. The van der Waals surface area contributed by atoms with Crippen LogP contribution in [-0.2, 0) is 9.59 Å². The minimum absolute atomic E-state index is 0. The van der Waals surface area contributed by atoms with Gasteiger partial charge in [-0.3, -0.25) is 14.4 Å². The Balaban J connectivity index is 0.00000196. The molecule has 28 heavy (non-hydrogen) atoms. The normalized spacial score (nSPS) is 21.2. The van der Waals surface area contributed by atoms with Crippen molar-refractivity contribution in [1.29, 1.82) is 0 Å². The van der Waals surface area contributed by atoms with Gasteiger partial charge in [0.05, 0.1) is 6.04 Å². The van der Waals surface area contributed by atoms with Crippen molar-refractivity contribution in [2.75, 3.05) is 31.5 Å². The van der Waals surface area contributed by atoms with Crippen LogP contribution in [0.4, 0.5) is 5.13 Å². The summed E-state index contributed by atoms with van der Waals surface area (Å²) in [4.78, 5) is 41.8. The fraction of sp³-hybridized carbons (Fsp3) is 0.647. The fourth-order valence-electron chi connectivity index (χ4n) is 3.43. The topological polar surface area (TPSA) is 103 Å². The van der Waals surface area contributed by atoms with Crippen molar-refractivity contribution < 1.29 is 14.4 Å². The van der Waals surface area contributed by atoms with Crippen molar-refractivity contribution >= 4 is 59.0 Å². The van der Waals surface area contributed by atoms with Crippen LogP contribution < -0.4 is 16.0 Å². The Morgan fingerprint density at radius 1 is 1.29 bits per heavy atom. The van der Waals surface area contributed by atoms with Gasteiger partial charge >= 0.3 is 0 Å². The molecule has 0 aliphatic carbocycles. The van der Waals surface area contributed by atoms with Crippen LogP contribution in [0.15, 0.2) is 5.38 Å². The van der Waals surface area contributed by atoms with Gasteiger partial charge in [0.15, 0.2) is 5.13 Å². The Labute approximate surface area is 181 Å². The maximum Gasteiger partial charge on any atom is 0.273 e. The number of hydrogen-bond donors (Lipinski definition) is 3. The summed E-state index contributed by atoms with van der Waals surface area (Å²) in [6.07, 6.45) is 3.84. The van der Waals surface area contributed by atoms with Gasteiger partial charge in [-0.05, 0) is 38.1 Å². The van der Waals surface area contributed by atoms with E-state index in [1.165, 1.54) is 18.3 Å². The molecule has 0 saturated carbocycles. The summed E-state index contributed by atoms with van der Waals surface area (Å²) < 4.78 is 0. The zero-order valence-electron chi connectivity index (χ0n) is 15.7. The van der Waals surface area contributed by atoms with Crippen LogP contribution in [0.25, 0.3) is 0 Å². The molecule has 3 amide bonds. The molecule has 158 valence electrons. The lowest BCUT2D eigenvalue weighted by Crippen LogP contribution is -2.46. The van der Waals surface area contributed by atoms with Crippen LogP contribution in [0.5, 0.6) is 0 Å². The third-order valence-electron chi connectivity index (χ3n) is 4.75. The first kappa shape index (κ1) is 24.6. The van der Waals surface area contributed by atoms with Crippen molar-refractivity contribution in [3.8, 4) is 0 Å². The van der Waals surface area contributed by atoms with Gasteiger partial charge in [-0.2, -0.15) is 0 Å². The van der Waals surface area contributed by atoms with Crippen LogP contribution in [0.1, 0.15) is 43.1 Å². The van der Waals surface area contributed by atoms with Crippen molar-refractivity contribution in [2.24, 2.45) is 5.92 Å². The first-order valence-corrected chi connectivity index (χ1v) is 9.94. The first-order valence-electron chi connectivity index (χ1n) is 9.06. The zero-order chi connectivity index (χ0) is 18.5. The number of piperidine rings is 1. The summed E-state index contributed by atoms with van der Waals surface area (Å²) in [5.74, 6) is -0.00729. The molecule has 8 nitrogen and oxygen atoms in total. The highest BCUT2D eigenvalue weighted by Gasteiger charge is 2.27. The lowest BCUT2D eigenvalue weighted by Gasteiger charge is -2.32. The van der Waals surface area contributed by atoms with E-state index in [0.717, 1.165) is 32.2 Å². The van der Waals surface area contributed by atoms with E-state index in [9.17, 15) is 14.4 Å². The van der Waals surface area contributed by atoms with Gasteiger partial charge in [0, 0.05) is 31.9 Å². The Morgan fingerprint density at radius 3 is 2.75 bits per heavy atom. The number of carbonyl (C=O) groups excluding carboxylic acids is 3. The number of thiazole rings is 1. The minimum atomic E-state index is -0.205. The van der Waals surface area contributed by atoms with Crippen molar-refractivity contribution in [3.05, 3.63) is 11.1 Å². The number of aromatic nitrogens is 1. The molecule has 2 saturated heterocycles. The zero-order valence-corrected chi connectivity index (χ0v) is 18.2. The number of nitrogens with one attached hydrogen (secondary N) is 3. The van der Waals surface area contributed by atoms with E-state index in [4.69, 9.17) is 0 Å². The number of carbonyl (C=O) groups is 3. The lowest BCUT2D eigenvalue weighted by atomic mass is 9.97. The van der Waals surface area contributed by atoms with Crippen molar-refractivity contribution in [2.45, 2.75) is 38.6 Å². The second-order valence-electron chi connectivity index (χ2n) is 6.87. The first-order chi connectivity index (χ1) is 12.5. The summed E-state index contributed by atoms with van der Waals surface area (Å²) in [7, 11) is 0. The monoisotopic (exact) mass is 451 g/mol. The highest BCUT2D eigenvalue weighted by atomic mass is 35.5. The number of rotatable bonds is 5. The van der Waals surface area contributed by atoms with Gasteiger partial charge in [0.25, 0.3) is 5.91 Å². The third kappa shape index (κ3) is 6.58. The molecule has 2 fully saturated rings. The molecular weight excluding hydrogens is 425 g/mol. The Hall–Kier alpha value is -1.42. The predicted octanol–water partition coefficient (Wildman–Crippen LogP) is 1.67. The second-order valence-corrected chi connectivity index (χ2v) is 7.73. The van der Waals surface area contributed by atoms with Gasteiger partial charge in [-0.15, -0.1) is 36.2 Å². The molecule has 0 aromatic carbocycles. The van der Waals surface area contributed by atoms with E-state index >= 15 is 0 Å². The Bertz CT molecular complexity index is 682. The van der Waals surface area contributed by atoms with E-state index in [0.29, 0.717) is 30.5 Å². The molecule has 11 heteroatoms. The molecule has 3 N–H and O–H groups in total. The van der Waals surface area contributed by atoms with E-state index in [1.807, 2.05) is 0 Å². The average molecular weight is 452 g/mol. The standard InChI is InChI=1S/C17H25N5O3S.2ClH/c1-11(23)20-17-21-14(10-26-17)16(25)22-7-3-4-12(9-22)8-19-15(24)13-5-2-6-18-13;;/h10,12-13,18H,2-9H2,1H3,(H,19,24)(H,20,21,23);2*1H. The number of nitrogens with zero attached hydrogens (tertiary/aromatic N) is 2. The maximum atomic E-state index is 12.7. The number of likely N-dealkylation sites (tertiary alicyclic amines) is 1. The molecule has 0 radical (unpaired) electrons. The average Bonchev–Trinajstić information content (AvgIpc) is 3.31. The van der Waals surface area contributed by atoms with Crippen molar-refractivity contribution in [3.63, 3.8) is 0 Å². The lowest BCUT2D eigenvalue weighted by molar-refractivity contribution is -0.123. The summed E-state index contributed by atoms with van der Waals surface area (Å²) >= 11 is 1.24. The Kier molecular flexibility index (Phi) is 10.2. The Morgan fingerprint density at radius 2 is 2.07 bits per heavy atom. The quantitative estimate of drug-likeness (QED) is 0.631. The van der Waals surface area contributed by atoms with Gasteiger partial charge < -0.3 is 20.9 Å². The second kappa shape index (κ2) is 11.5. The molecule has 2 atom stereocenters.